The zero-order chi connectivity index (χ0) is 25.4. The van der Waals surface area contributed by atoms with Crippen LogP contribution < -0.4 is 20.1 Å². The number of sulfonamides is 1. The molecule has 0 aliphatic carbocycles. The standard InChI is InChI=1S/C24H28N4O5S2/c1-4-5-14-25-24(30)28-35(31,32)20-12-8-18(9-13-20)27-23(29)22-17(3)26-21(34-22)15-33-19-10-6-16(2)7-11-19/h6-13H,4-5,14-15H2,1-3H3,(H,27,29)(H2,25,28,30). The molecule has 0 atom stereocenters. The van der Waals surface area contributed by atoms with Gasteiger partial charge >= 0.3 is 6.03 Å². The van der Waals surface area contributed by atoms with Crippen molar-refractivity contribution in [2.24, 2.45) is 0 Å². The van der Waals surface area contributed by atoms with Gasteiger partial charge in [-0.1, -0.05) is 31.0 Å². The Labute approximate surface area is 209 Å². The van der Waals surface area contributed by atoms with Crippen molar-refractivity contribution < 1.29 is 22.7 Å². The molecule has 9 nitrogen and oxygen atoms in total. The molecule has 3 amide bonds. The van der Waals surface area contributed by atoms with Gasteiger partial charge in [0.15, 0.2) is 0 Å². The van der Waals surface area contributed by atoms with E-state index in [0.717, 1.165) is 24.2 Å². The van der Waals surface area contributed by atoms with Gasteiger partial charge in [-0.15, -0.1) is 11.3 Å². The number of benzene rings is 2. The zero-order valence-electron chi connectivity index (χ0n) is 19.8. The molecular weight excluding hydrogens is 488 g/mol. The van der Waals surface area contributed by atoms with Crippen LogP contribution in [0.2, 0.25) is 0 Å². The first-order chi connectivity index (χ1) is 16.7. The van der Waals surface area contributed by atoms with E-state index >= 15 is 0 Å². The smallest absolute Gasteiger partial charge is 0.328 e. The summed E-state index contributed by atoms with van der Waals surface area (Å²) in [6.07, 6.45) is 1.63. The Morgan fingerprint density at radius 3 is 2.37 bits per heavy atom. The molecule has 0 unspecified atom stereocenters. The number of anilines is 1. The number of urea groups is 1. The summed E-state index contributed by atoms with van der Waals surface area (Å²) in [5.41, 5.74) is 2.12. The van der Waals surface area contributed by atoms with Crippen LogP contribution in [0.3, 0.4) is 0 Å². The number of ether oxygens (including phenoxy) is 1. The van der Waals surface area contributed by atoms with Gasteiger partial charge in [-0.25, -0.2) is 22.9 Å². The highest BCUT2D eigenvalue weighted by atomic mass is 32.2. The fourth-order valence-electron chi connectivity index (χ4n) is 3.01. The Morgan fingerprint density at radius 2 is 1.71 bits per heavy atom. The van der Waals surface area contributed by atoms with Gasteiger partial charge < -0.3 is 15.4 Å². The topological polar surface area (TPSA) is 126 Å². The monoisotopic (exact) mass is 516 g/mol. The zero-order valence-corrected chi connectivity index (χ0v) is 21.4. The van der Waals surface area contributed by atoms with Crippen molar-refractivity contribution in [3.05, 3.63) is 69.7 Å². The maximum absolute atomic E-state index is 12.7. The van der Waals surface area contributed by atoms with E-state index in [1.165, 1.54) is 35.6 Å². The molecule has 3 N–H and O–H groups in total. The third-order valence-electron chi connectivity index (χ3n) is 4.90. The van der Waals surface area contributed by atoms with E-state index in [9.17, 15) is 18.0 Å². The maximum atomic E-state index is 12.7. The van der Waals surface area contributed by atoms with E-state index in [4.69, 9.17) is 4.74 Å². The molecule has 0 aliphatic rings. The Hall–Kier alpha value is -3.44. The summed E-state index contributed by atoms with van der Waals surface area (Å²) in [4.78, 5) is 29.3. The van der Waals surface area contributed by atoms with Gasteiger partial charge in [-0.05, 0) is 56.7 Å². The molecule has 1 heterocycles. The largest absolute Gasteiger partial charge is 0.486 e. The summed E-state index contributed by atoms with van der Waals surface area (Å²) >= 11 is 1.23. The number of aryl methyl sites for hydroxylation is 2. The summed E-state index contributed by atoms with van der Waals surface area (Å²) < 4.78 is 32.5. The first kappa shape index (κ1) is 26.2. The normalized spacial score (nSPS) is 11.1. The molecule has 0 spiro atoms. The molecule has 1 aromatic heterocycles. The molecule has 0 fully saturated rings. The summed E-state index contributed by atoms with van der Waals surface area (Å²) in [7, 11) is -4.03. The number of unbranched alkanes of at least 4 members (excludes halogenated alkanes) is 1. The molecule has 0 bridgehead atoms. The van der Waals surface area contributed by atoms with Crippen molar-refractivity contribution >= 4 is 39.0 Å². The van der Waals surface area contributed by atoms with Crippen LogP contribution in [0.15, 0.2) is 53.4 Å². The van der Waals surface area contributed by atoms with E-state index in [2.05, 4.69) is 15.6 Å². The van der Waals surface area contributed by atoms with Crippen molar-refractivity contribution in [2.45, 2.75) is 45.1 Å². The predicted octanol–water partition coefficient (Wildman–Crippen LogP) is 4.38. The number of nitrogens with one attached hydrogen (secondary N) is 3. The summed E-state index contributed by atoms with van der Waals surface area (Å²) in [5.74, 6) is 0.364. The van der Waals surface area contributed by atoms with Crippen molar-refractivity contribution in [1.82, 2.24) is 15.0 Å². The SMILES string of the molecule is CCCCNC(=O)NS(=O)(=O)c1ccc(NC(=O)c2sc(COc3ccc(C)cc3)nc2C)cc1. The van der Waals surface area contributed by atoms with Gasteiger partial charge in [0.1, 0.15) is 22.2 Å². The lowest BCUT2D eigenvalue weighted by atomic mass is 10.2. The molecule has 35 heavy (non-hydrogen) atoms. The molecule has 0 aliphatic heterocycles. The van der Waals surface area contributed by atoms with E-state index in [1.807, 2.05) is 42.8 Å². The van der Waals surface area contributed by atoms with E-state index in [1.54, 1.807) is 6.92 Å². The molecular formula is C24H28N4O5S2. The Bertz CT molecular complexity index is 1270. The number of aromatic nitrogens is 1. The molecule has 11 heteroatoms. The Morgan fingerprint density at radius 1 is 1.03 bits per heavy atom. The molecule has 3 aromatic rings. The minimum absolute atomic E-state index is 0.0920. The summed E-state index contributed by atoms with van der Waals surface area (Å²) in [6, 6.07) is 12.4. The van der Waals surface area contributed by atoms with Crippen LogP contribution in [-0.2, 0) is 16.6 Å². The molecule has 186 valence electrons. The fraction of sp³-hybridized carbons (Fsp3) is 0.292. The molecule has 0 saturated heterocycles. The third kappa shape index (κ3) is 7.52. The van der Waals surface area contributed by atoms with Crippen LogP contribution in [0, 0.1) is 13.8 Å². The lowest BCUT2D eigenvalue weighted by molar-refractivity contribution is 0.102. The minimum atomic E-state index is -4.03. The summed E-state index contributed by atoms with van der Waals surface area (Å²) in [5, 5.41) is 5.90. The number of rotatable bonds is 10. The Kier molecular flexibility index (Phi) is 8.83. The highest BCUT2D eigenvalue weighted by Gasteiger charge is 2.19. The summed E-state index contributed by atoms with van der Waals surface area (Å²) in [6.45, 7) is 6.34. The average Bonchev–Trinajstić information content (AvgIpc) is 3.19. The van der Waals surface area contributed by atoms with E-state index in [-0.39, 0.29) is 17.4 Å². The number of hydrogen-bond donors (Lipinski definition) is 3. The lowest BCUT2D eigenvalue weighted by Gasteiger charge is -2.09. The van der Waals surface area contributed by atoms with Crippen molar-refractivity contribution in [2.75, 3.05) is 11.9 Å². The number of amides is 3. The van der Waals surface area contributed by atoms with E-state index in [0.29, 0.717) is 27.8 Å². The van der Waals surface area contributed by atoms with Crippen LogP contribution in [0.4, 0.5) is 10.5 Å². The second kappa shape index (κ2) is 11.8. The second-order valence-corrected chi connectivity index (χ2v) is 10.6. The highest BCUT2D eigenvalue weighted by Crippen LogP contribution is 2.22. The van der Waals surface area contributed by atoms with Gasteiger partial charge in [-0.2, -0.15) is 0 Å². The van der Waals surface area contributed by atoms with Gasteiger partial charge in [0.25, 0.3) is 15.9 Å². The van der Waals surface area contributed by atoms with Crippen LogP contribution in [-0.4, -0.2) is 31.9 Å². The number of carbonyl (C=O) groups excluding carboxylic acids is 2. The second-order valence-electron chi connectivity index (χ2n) is 7.82. The van der Waals surface area contributed by atoms with E-state index < -0.39 is 16.1 Å². The maximum Gasteiger partial charge on any atom is 0.328 e. The quantitative estimate of drug-likeness (QED) is 0.343. The molecule has 2 aromatic carbocycles. The van der Waals surface area contributed by atoms with Gasteiger partial charge in [0, 0.05) is 12.2 Å². The van der Waals surface area contributed by atoms with Crippen LogP contribution >= 0.6 is 11.3 Å². The van der Waals surface area contributed by atoms with Gasteiger partial charge in [0.05, 0.1) is 10.6 Å². The highest BCUT2D eigenvalue weighted by molar-refractivity contribution is 7.90. The first-order valence-electron chi connectivity index (χ1n) is 11.1. The van der Waals surface area contributed by atoms with Crippen LogP contribution in [0.1, 0.15) is 45.7 Å². The molecule has 0 saturated carbocycles. The van der Waals surface area contributed by atoms with Crippen molar-refractivity contribution in [3.8, 4) is 5.75 Å². The Balaban J connectivity index is 1.59. The minimum Gasteiger partial charge on any atom is -0.486 e. The van der Waals surface area contributed by atoms with Gasteiger partial charge in [0.2, 0.25) is 0 Å². The lowest BCUT2D eigenvalue weighted by Crippen LogP contribution is -2.39. The number of carbonyl (C=O) groups is 2. The number of thiazole rings is 1. The van der Waals surface area contributed by atoms with Crippen molar-refractivity contribution in [1.29, 1.82) is 0 Å². The molecule has 0 radical (unpaired) electrons. The number of hydrogen-bond acceptors (Lipinski definition) is 7. The average molecular weight is 517 g/mol. The van der Waals surface area contributed by atoms with Gasteiger partial charge in [-0.3, -0.25) is 4.79 Å². The first-order valence-corrected chi connectivity index (χ1v) is 13.4. The predicted molar refractivity (Wildman–Crippen MR) is 135 cm³/mol. The fourth-order valence-corrected chi connectivity index (χ4v) is 4.81. The third-order valence-corrected chi connectivity index (χ3v) is 7.37. The van der Waals surface area contributed by atoms with Crippen LogP contribution in [0.5, 0.6) is 5.75 Å². The number of nitrogens with zero attached hydrogens (tertiary/aromatic N) is 1. The van der Waals surface area contributed by atoms with Crippen LogP contribution in [0.25, 0.3) is 0 Å². The molecule has 3 rings (SSSR count). The van der Waals surface area contributed by atoms with Crippen molar-refractivity contribution in [3.63, 3.8) is 0 Å².